The highest BCUT2D eigenvalue weighted by Crippen LogP contribution is 2.49. The molecule has 0 spiro atoms. The van der Waals surface area contributed by atoms with E-state index in [2.05, 4.69) is 10.3 Å². The van der Waals surface area contributed by atoms with Crippen molar-refractivity contribution in [3.05, 3.63) is 51.8 Å². The minimum atomic E-state index is -5.09. The Labute approximate surface area is 172 Å². The molecule has 1 unspecified atom stereocenters. The first-order chi connectivity index (χ1) is 14.2. The van der Waals surface area contributed by atoms with Crippen LogP contribution in [0.4, 0.5) is 26.3 Å². The summed E-state index contributed by atoms with van der Waals surface area (Å²) in [6.45, 7) is 3.15. The number of nitrogens with zero attached hydrogens (tertiary/aromatic N) is 3. The summed E-state index contributed by atoms with van der Waals surface area (Å²) in [6.07, 6.45) is -10.9. The van der Waals surface area contributed by atoms with Gasteiger partial charge in [-0.1, -0.05) is 5.16 Å². The molecule has 0 aliphatic carbocycles. The summed E-state index contributed by atoms with van der Waals surface area (Å²) < 4.78 is 86.4. The average Bonchev–Trinajstić information content (AvgIpc) is 3.25. The highest BCUT2D eigenvalue weighted by Gasteiger charge is 2.64. The number of benzene rings is 1. The Hall–Kier alpha value is -3.05. The topological polar surface area (TPSA) is 65.7 Å². The number of carbonyl (C=O) groups is 1. The highest BCUT2D eigenvalue weighted by atomic mass is 19.4. The third-order valence-corrected chi connectivity index (χ3v) is 5.03. The number of rotatable bonds is 3. The summed E-state index contributed by atoms with van der Waals surface area (Å²) in [5.41, 5.74) is -4.19. The summed E-state index contributed by atoms with van der Waals surface area (Å²) in [4.78, 5) is 16.7. The lowest BCUT2D eigenvalue weighted by molar-refractivity contribution is -0.278. The summed E-state index contributed by atoms with van der Waals surface area (Å²) in [6, 6.07) is 3.19. The number of oxime groups is 1. The third kappa shape index (κ3) is 3.74. The van der Waals surface area contributed by atoms with E-state index in [0.717, 1.165) is 7.05 Å². The van der Waals surface area contributed by atoms with Crippen LogP contribution in [0.3, 0.4) is 0 Å². The number of aromatic nitrogens is 2. The van der Waals surface area contributed by atoms with Crippen LogP contribution in [0.5, 0.6) is 0 Å². The molecule has 12 heteroatoms. The van der Waals surface area contributed by atoms with E-state index in [4.69, 9.17) is 9.57 Å². The molecular formula is C19H17F6N3O3. The minimum absolute atomic E-state index is 0.130. The van der Waals surface area contributed by atoms with Gasteiger partial charge in [0.2, 0.25) is 0 Å². The molecule has 6 nitrogen and oxygen atoms in total. The zero-order valence-electron chi connectivity index (χ0n) is 16.8. The number of alkyl halides is 6. The summed E-state index contributed by atoms with van der Waals surface area (Å²) in [5, 5.41) is 6.71. The van der Waals surface area contributed by atoms with Crippen LogP contribution in [0.2, 0.25) is 0 Å². The smallest absolute Gasteiger partial charge is 0.437 e. The second-order valence-electron chi connectivity index (χ2n) is 7.14. The molecule has 2 heterocycles. The molecule has 0 fully saturated rings. The average molecular weight is 449 g/mol. The second kappa shape index (κ2) is 7.27. The van der Waals surface area contributed by atoms with Crippen LogP contribution in [0.15, 0.2) is 23.4 Å². The summed E-state index contributed by atoms with van der Waals surface area (Å²) >= 11 is 0. The molecule has 3 rings (SSSR count). The van der Waals surface area contributed by atoms with Gasteiger partial charge in [0, 0.05) is 12.6 Å². The number of hydrogen-bond acceptors (Lipinski definition) is 5. The van der Waals surface area contributed by atoms with E-state index in [0.29, 0.717) is 21.9 Å². The monoisotopic (exact) mass is 449 g/mol. The van der Waals surface area contributed by atoms with Crippen molar-refractivity contribution < 1.29 is 40.7 Å². The standard InChI is InChI=1S/C19H17F6N3O3/c1-9-5-11(6-10(2)15(9)16(29)30-4)12-8-17(31-27-12,19(23,24)25)14-7-13(18(20,21)22)26-28(14)3/h5-7H,8H2,1-4H3. The number of esters is 1. The van der Waals surface area contributed by atoms with Crippen molar-refractivity contribution in [2.24, 2.45) is 12.2 Å². The normalized spacial score (nSPS) is 19.2. The largest absolute Gasteiger partial charge is 0.465 e. The maximum Gasteiger partial charge on any atom is 0.437 e. The number of ether oxygens (including phenoxy) is 1. The molecule has 1 atom stereocenters. The molecule has 168 valence electrons. The fourth-order valence-electron chi connectivity index (χ4n) is 3.56. The maximum atomic E-state index is 14.1. The van der Waals surface area contributed by atoms with Gasteiger partial charge in [0.25, 0.3) is 5.60 Å². The number of halogens is 6. The van der Waals surface area contributed by atoms with Crippen molar-refractivity contribution in [2.45, 2.75) is 38.2 Å². The van der Waals surface area contributed by atoms with E-state index in [9.17, 15) is 31.1 Å². The Bertz CT molecular complexity index is 1050. The zero-order chi connectivity index (χ0) is 23.4. The third-order valence-electron chi connectivity index (χ3n) is 5.03. The van der Waals surface area contributed by atoms with Crippen LogP contribution < -0.4 is 0 Å². The Morgan fingerprint density at radius 1 is 1.13 bits per heavy atom. The first kappa shape index (κ1) is 22.6. The van der Waals surface area contributed by atoms with Gasteiger partial charge in [0.15, 0.2) is 5.69 Å². The van der Waals surface area contributed by atoms with Crippen molar-refractivity contribution in [3.63, 3.8) is 0 Å². The molecule has 1 aliphatic rings. The fraction of sp³-hybridized carbons (Fsp3) is 0.421. The van der Waals surface area contributed by atoms with Crippen molar-refractivity contribution in [2.75, 3.05) is 7.11 Å². The molecule has 1 aromatic carbocycles. The Balaban J connectivity index is 2.05. The van der Waals surface area contributed by atoms with E-state index in [1.807, 2.05) is 0 Å². The molecule has 2 aromatic rings. The number of carbonyl (C=O) groups excluding carboxylic acids is 1. The van der Waals surface area contributed by atoms with Gasteiger partial charge in [-0.25, -0.2) is 4.79 Å². The zero-order valence-corrected chi connectivity index (χ0v) is 16.8. The number of methoxy groups -OCH3 is 1. The van der Waals surface area contributed by atoms with Crippen LogP contribution in [0.1, 0.15) is 44.9 Å². The molecule has 1 aliphatic heterocycles. The minimum Gasteiger partial charge on any atom is -0.465 e. The van der Waals surface area contributed by atoms with Crippen LogP contribution in [0.25, 0.3) is 0 Å². The SMILES string of the molecule is COC(=O)c1c(C)cc(C2=NOC(c3cc(C(F)(F)F)nn3C)(C(F)(F)F)C2)cc1C. The van der Waals surface area contributed by atoms with Gasteiger partial charge in [0.1, 0.15) is 0 Å². The molecule has 0 radical (unpaired) electrons. The molecule has 31 heavy (non-hydrogen) atoms. The first-order valence-electron chi connectivity index (χ1n) is 8.84. The van der Waals surface area contributed by atoms with Crippen molar-refractivity contribution >= 4 is 11.7 Å². The molecule has 0 saturated heterocycles. The van der Waals surface area contributed by atoms with Crippen LogP contribution in [-0.2, 0) is 28.4 Å². The highest BCUT2D eigenvalue weighted by molar-refractivity contribution is 6.03. The van der Waals surface area contributed by atoms with Crippen LogP contribution >= 0.6 is 0 Å². The predicted molar refractivity (Wildman–Crippen MR) is 95.4 cm³/mol. The second-order valence-corrected chi connectivity index (χ2v) is 7.14. The molecule has 0 amide bonds. The van der Waals surface area contributed by atoms with Gasteiger partial charge >= 0.3 is 18.3 Å². The first-order valence-corrected chi connectivity index (χ1v) is 8.84. The van der Waals surface area contributed by atoms with E-state index >= 15 is 0 Å². The van der Waals surface area contributed by atoms with Crippen LogP contribution in [0, 0.1) is 13.8 Å². The van der Waals surface area contributed by atoms with Crippen LogP contribution in [-0.4, -0.2) is 34.7 Å². The summed E-state index contributed by atoms with van der Waals surface area (Å²) in [5.74, 6) is -0.606. The van der Waals surface area contributed by atoms with Gasteiger partial charge in [-0.3, -0.25) is 4.68 Å². The molecular weight excluding hydrogens is 432 g/mol. The van der Waals surface area contributed by atoms with Gasteiger partial charge < -0.3 is 9.57 Å². The molecule has 0 bridgehead atoms. The quantitative estimate of drug-likeness (QED) is 0.514. The molecule has 1 aromatic heterocycles. The molecule has 0 N–H and O–H groups in total. The lowest BCUT2D eigenvalue weighted by Gasteiger charge is -2.28. The maximum absolute atomic E-state index is 14.1. The van der Waals surface area contributed by atoms with Crippen molar-refractivity contribution in [1.82, 2.24) is 9.78 Å². The van der Waals surface area contributed by atoms with E-state index in [-0.39, 0.29) is 16.8 Å². The number of hydrogen-bond donors (Lipinski definition) is 0. The van der Waals surface area contributed by atoms with E-state index < -0.39 is 41.7 Å². The Morgan fingerprint density at radius 3 is 2.16 bits per heavy atom. The van der Waals surface area contributed by atoms with Gasteiger partial charge in [-0.2, -0.15) is 31.4 Å². The fourth-order valence-corrected chi connectivity index (χ4v) is 3.56. The summed E-state index contributed by atoms with van der Waals surface area (Å²) in [7, 11) is 2.17. The van der Waals surface area contributed by atoms with Crippen molar-refractivity contribution in [1.29, 1.82) is 0 Å². The van der Waals surface area contributed by atoms with Gasteiger partial charge in [0.05, 0.1) is 30.5 Å². The lowest BCUT2D eigenvalue weighted by atomic mass is 9.88. The Kier molecular flexibility index (Phi) is 5.31. The van der Waals surface area contributed by atoms with E-state index in [1.165, 1.54) is 19.2 Å². The predicted octanol–water partition coefficient (Wildman–Crippen LogP) is 4.42. The number of aryl methyl sites for hydroxylation is 3. The molecule has 0 saturated carbocycles. The van der Waals surface area contributed by atoms with Crippen molar-refractivity contribution in [3.8, 4) is 0 Å². The van der Waals surface area contributed by atoms with E-state index in [1.54, 1.807) is 13.8 Å². The van der Waals surface area contributed by atoms with Gasteiger partial charge in [-0.05, 0) is 43.2 Å². The van der Waals surface area contributed by atoms with Gasteiger partial charge in [-0.15, -0.1) is 0 Å². The Morgan fingerprint density at radius 2 is 1.71 bits per heavy atom. The lowest BCUT2D eigenvalue weighted by Crippen LogP contribution is -2.44.